The fourth-order valence-corrected chi connectivity index (χ4v) is 1.85. The summed E-state index contributed by atoms with van der Waals surface area (Å²) in [5.41, 5.74) is 1.74. The molecule has 3 rings (SSSR count). The van der Waals surface area contributed by atoms with E-state index in [0.29, 0.717) is 27.2 Å². The van der Waals surface area contributed by atoms with Gasteiger partial charge in [0.1, 0.15) is 22.5 Å². The molecule has 3 aromatic heterocycles. The summed E-state index contributed by atoms with van der Waals surface area (Å²) in [4.78, 5) is 19.0. The molecular formula is C8H3Cl2N5. The lowest BCUT2D eigenvalue weighted by molar-refractivity contribution is 1.22. The minimum absolute atomic E-state index is 0.211. The highest BCUT2D eigenvalue weighted by Gasteiger charge is 2.10. The van der Waals surface area contributed by atoms with Crippen molar-refractivity contribution in [3.05, 3.63) is 23.0 Å². The third kappa shape index (κ3) is 1.24. The second kappa shape index (κ2) is 3.01. The zero-order chi connectivity index (χ0) is 10.4. The molecule has 0 fully saturated rings. The molecule has 3 heterocycles. The second-order valence-corrected chi connectivity index (χ2v) is 3.64. The van der Waals surface area contributed by atoms with Gasteiger partial charge in [-0.3, -0.25) is 0 Å². The first-order valence-corrected chi connectivity index (χ1v) is 4.82. The van der Waals surface area contributed by atoms with Crippen LogP contribution >= 0.6 is 23.2 Å². The van der Waals surface area contributed by atoms with Crippen molar-refractivity contribution in [2.75, 3.05) is 0 Å². The van der Waals surface area contributed by atoms with Crippen molar-refractivity contribution in [3.8, 4) is 0 Å². The van der Waals surface area contributed by atoms with Crippen LogP contribution in [0.25, 0.3) is 22.1 Å². The van der Waals surface area contributed by atoms with Crippen LogP contribution in [0.4, 0.5) is 0 Å². The summed E-state index contributed by atoms with van der Waals surface area (Å²) in [7, 11) is 0. The standard InChI is InChI=1S/C8H3Cl2N5/c9-6-3-1-11-7-5(12-2-13-7)4(3)14-8(10)15-6/h1-2H,(H,14,15). The van der Waals surface area contributed by atoms with E-state index in [1.165, 1.54) is 6.33 Å². The maximum atomic E-state index is 5.96. The summed E-state index contributed by atoms with van der Waals surface area (Å²) in [5, 5.41) is 1.28. The zero-order valence-corrected chi connectivity index (χ0v) is 8.71. The number of rotatable bonds is 0. The molecule has 0 spiro atoms. The van der Waals surface area contributed by atoms with Gasteiger partial charge in [0.25, 0.3) is 0 Å². The SMILES string of the molecule is Clc1nc2c(cnc3ncnc32)c(Cl)[nH]1. The van der Waals surface area contributed by atoms with Gasteiger partial charge in [0.2, 0.25) is 5.28 Å². The Bertz CT molecular complexity index is 662. The van der Waals surface area contributed by atoms with E-state index in [4.69, 9.17) is 23.2 Å². The van der Waals surface area contributed by atoms with Crippen molar-refractivity contribution in [2.24, 2.45) is 0 Å². The summed E-state index contributed by atoms with van der Waals surface area (Å²) in [6.07, 6.45) is 3.02. The molecule has 3 aromatic rings. The number of aromatic amines is 1. The minimum Gasteiger partial charge on any atom is -0.320 e. The average Bonchev–Trinajstić information content (AvgIpc) is 2.65. The Kier molecular flexibility index (Phi) is 1.77. The van der Waals surface area contributed by atoms with Gasteiger partial charge in [-0.25, -0.2) is 19.9 Å². The van der Waals surface area contributed by atoms with E-state index in [1.807, 2.05) is 0 Å². The van der Waals surface area contributed by atoms with Crippen LogP contribution in [0.15, 0.2) is 12.5 Å². The number of imidazole rings is 1. The number of nitrogens with one attached hydrogen (secondary N) is 1. The molecule has 7 heteroatoms. The Morgan fingerprint density at radius 2 is 1.93 bits per heavy atom. The van der Waals surface area contributed by atoms with Crippen LogP contribution in [0, 0.1) is 0 Å². The van der Waals surface area contributed by atoms with Crippen LogP contribution in [0.5, 0.6) is 0 Å². The lowest BCUT2D eigenvalue weighted by atomic mass is 10.3. The third-order valence-electron chi connectivity index (χ3n) is 2.03. The van der Waals surface area contributed by atoms with Gasteiger partial charge in [-0.1, -0.05) is 11.6 Å². The molecule has 0 aliphatic heterocycles. The number of halogens is 2. The molecule has 1 N–H and O–H groups in total. The molecule has 0 aliphatic carbocycles. The normalized spacial score (nSPS) is 11.3. The molecule has 0 bridgehead atoms. The summed E-state index contributed by atoms with van der Waals surface area (Å²) >= 11 is 11.7. The number of nitrogens with zero attached hydrogens (tertiary/aromatic N) is 4. The molecule has 15 heavy (non-hydrogen) atoms. The predicted molar refractivity (Wildman–Crippen MR) is 57.0 cm³/mol. The minimum atomic E-state index is 0.211. The Morgan fingerprint density at radius 3 is 2.80 bits per heavy atom. The lowest BCUT2D eigenvalue weighted by Gasteiger charge is -2.00. The van der Waals surface area contributed by atoms with Crippen molar-refractivity contribution in [3.63, 3.8) is 0 Å². The fraction of sp³-hybridized carbons (Fsp3) is 0. The van der Waals surface area contributed by atoms with Crippen LogP contribution in [0.2, 0.25) is 10.4 Å². The number of fused-ring (bicyclic) bond motifs is 3. The van der Waals surface area contributed by atoms with Crippen molar-refractivity contribution in [2.45, 2.75) is 0 Å². The van der Waals surface area contributed by atoms with Gasteiger partial charge >= 0.3 is 0 Å². The molecule has 0 atom stereocenters. The summed E-state index contributed by atoms with van der Waals surface area (Å²) < 4.78 is 0. The number of aromatic nitrogens is 5. The largest absolute Gasteiger partial charge is 0.320 e. The van der Waals surface area contributed by atoms with Gasteiger partial charge in [0, 0.05) is 6.20 Å². The number of pyridine rings is 1. The summed E-state index contributed by atoms with van der Waals surface area (Å²) in [6.45, 7) is 0. The van der Waals surface area contributed by atoms with Gasteiger partial charge in [-0.05, 0) is 11.6 Å². The van der Waals surface area contributed by atoms with Gasteiger partial charge in [0.15, 0.2) is 5.65 Å². The maximum absolute atomic E-state index is 5.96. The summed E-state index contributed by atoms with van der Waals surface area (Å²) in [6, 6.07) is 0. The molecular weight excluding hydrogens is 237 g/mol. The fourth-order valence-electron chi connectivity index (χ4n) is 1.39. The monoisotopic (exact) mass is 239 g/mol. The number of hydrogen-bond donors (Lipinski definition) is 1. The van der Waals surface area contributed by atoms with Crippen molar-refractivity contribution >= 4 is 45.3 Å². The second-order valence-electron chi connectivity index (χ2n) is 2.91. The van der Waals surface area contributed by atoms with Crippen LogP contribution in [0.3, 0.4) is 0 Å². The van der Waals surface area contributed by atoms with Gasteiger partial charge < -0.3 is 4.98 Å². The number of hydrogen-bond acceptors (Lipinski definition) is 4. The van der Waals surface area contributed by atoms with E-state index < -0.39 is 0 Å². The summed E-state index contributed by atoms with van der Waals surface area (Å²) in [5.74, 6) is 0. The molecule has 0 radical (unpaired) electrons. The Balaban J connectivity index is 2.61. The lowest BCUT2D eigenvalue weighted by Crippen LogP contribution is -1.89. The van der Waals surface area contributed by atoms with Crippen LogP contribution in [-0.4, -0.2) is 24.9 Å². The first-order chi connectivity index (χ1) is 7.25. The zero-order valence-electron chi connectivity index (χ0n) is 7.20. The topological polar surface area (TPSA) is 67.3 Å². The average molecular weight is 240 g/mol. The molecule has 5 nitrogen and oxygen atoms in total. The van der Waals surface area contributed by atoms with Crippen molar-refractivity contribution in [1.29, 1.82) is 0 Å². The van der Waals surface area contributed by atoms with Crippen LogP contribution < -0.4 is 0 Å². The van der Waals surface area contributed by atoms with E-state index in [2.05, 4.69) is 24.9 Å². The smallest absolute Gasteiger partial charge is 0.201 e. The molecule has 0 aromatic carbocycles. The highest BCUT2D eigenvalue weighted by atomic mass is 35.5. The highest BCUT2D eigenvalue weighted by molar-refractivity contribution is 6.36. The Morgan fingerprint density at radius 1 is 1.07 bits per heavy atom. The van der Waals surface area contributed by atoms with E-state index in [9.17, 15) is 0 Å². The van der Waals surface area contributed by atoms with Crippen LogP contribution in [0.1, 0.15) is 0 Å². The number of H-pyrrole nitrogens is 1. The molecule has 0 saturated carbocycles. The predicted octanol–water partition coefficient (Wildman–Crippen LogP) is 2.21. The first-order valence-electron chi connectivity index (χ1n) is 4.06. The molecule has 0 aliphatic rings. The first kappa shape index (κ1) is 8.82. The molecule has 74 valence electrons. The molecule has 0 saturated heterocycles. The van der Waals surface area contributed by atoms with E-state index >= 15 is 0 Å². The molecule has 0 amide bonds. The van der Waals surface area contributed by atoms with Crippen LogP contribution in [-0.2, 0) is 0 Å². The third-order valence-corrected chi connectivity index (χ3v) is 2.51. The van der Waals surface area contributed by atoms with E-state index in [0.717, 1.165) is 0 Å². The van der Waals surface area contributed by atoms with Crippen molar-refractivity contribution < 1.29 is 0 Å². The van der Waals surface area contributed by atoms with E-state index in [1.54, 1.807) is 6.20 Å². The molecule has 0 unspecified atom stereocenters. The quantitative estimate of drug-likeness (QED) is 0.483. The van der Waals surface area contributed by atoms with Gasteiger partial charge in [-0.15, -0.1) is 0 Å². The van der Waals surface area contributed by atoms with Gasteiger partial charge in [0.05, 0.1) is 5.39 Å². The van der Waals surface area contributed by atoms with E-state index in [-0.39, 0.29) is 5.28 Å². The highest BCUT2D eigenvalue weighted by Crippen LogP contribution is 2.25. The van der Waals surface area contributed by atoms with Crippen molar-refractivity contribution in [1.82, 2.24) is 24.9 Å². The maximum Gasteiger partial charge on any atom is 0.201 e. The Hall–Kier alpha value is -1.46. The Labute approximate surface area is 93.5 Å². The van der Waals surface area contributed by atoms with Gasteiger partial charge in [-0.2, -0.15) is 0 Å².